The van der Waals surface area contributed by atoms with Gasteiger partial charge in [-0.25, -0.2) is 4.98 Å². The van der Waals surface area contributed by atoms with E-state index in [1.165, 1.54) is 0 Å². The van der Waals surface area contributed by atoms with E-state index in [0.29, 0.717) is 5.69 Å². The van der Waals surface area contributed by atoms with Crippen molar-refractivity contribution >= 4 is 51.3 Å². The molecule has 0 bridgehead atoms. The van der Waals surface area contributed by atoms with Crippen LogP contribution in [0.25, 0.3) is 32.2 Å². The molecule has 6 heteroatoms. The quantitative estimate of drug-likeness (QED) is 0.199. The highest BCUT2D eigenvalue weighted by atomic mass is 35.5. The van der Waals surface area contributed by atoms with Crippen LogP contribution in [0.1, 0.15) is 0 Å². The number of hydrogen-bond acceptors (Lipinski definition) is 3. The molecule has 0 saturated carbocycles. The largest absolute Gasteiger partial charge is 0.354 e. The maximum absolute atomic E-state index is 8.61. The Morgan fingerprint density at radius 3 is 2.12 bits per heavy atom. The lowest BCUT2D eigenvalue weighted by Crippen LogP contribution is -1.95. The van der Waals surface area contributed by atoms with Gasteiger partial charge in [0.05, 0.1) is 16.7 Å². The zero-order chi connectivity index (χ0) is 16.4. The molecule has 122 valence electrons. The van der Waals surface area contributed by atoms with E-state index in [0.717, 1.165) is 33.2 Å². The SMILES string of the molecule is Cl.[N-]=[N+]=Nc1cccc(Nc2c3ccccc3nc3ccccc23)c1. The molecule has 4 rings (SSSR count). The third-order valence-electron chi connectivity index (χ3n) is 3.86. The first-order chi connectivity index (χ1) is 11.8. The van der Waals surface area contributed by atoms with Gasteiger partial charge in [0.1, 0.15) is 0 Å². The van der Waals surface area contributed by atoms with Gasteiger partial charge in [-0.15, -0.1) is 12.4 Å². The molecule has 1 N–H and O–H groups in total. The molecule has 25 heavy (non-hydrogen) atoms. The van der Waals surface area contributed by atoms with E-state index in [1.807, 2.05) is 66.7 Å². The summed E-state index contributed by atoms with van der Waals surface area (Å²) >= 11 is 0. The molecule has 0 radical (unpaired) electrons. The van der Waals surface area contributed by atoms with Gasteiger partial charge in [0.15, 0.2) is 0 Å². The summed E-state index contributed by atoms with van der Waals surface area (Å²) in [6.07, 6.45) is 0. The molecule has 1 aromatic heterocycles. The summed E-state index contributed by atoms with van der Waals surface area (Å²) in [4.78, 5) is 7.56. The smallest absolute Gasteiger partial charge is 0.0730 e. The van der Waals surface area contributed by atoms with Gasteiger partial charge >= 0.3 is 0 Å². The number of rotatable bonds is 3. The lowest BCUT2D eigenvalue weighted by Gasteiger charge is -2.13. The Kier molecular flexibility index (Phi) is 4.70. The Labute approximate surface area is 150 Å². The molecule has 0 atom stereocenters. The first-order valence-electron chi connectivity index (χ1n) is 7.55. The molecular weight excluding hydrogens is 334 g/mol. The molecule has 5 nitrogen and oxygen atoms in total. The fourth-order valence-corrected chi connectivity index (χ4v) is 2.82. The standard InChI is InChI=1S/C19H13N5.ClH/c20-24-23-14-7-5-6-13(12-14)21-19-15-8-1-3-10-17(15)22-18-11-4-2-9-16(18)19;/h1-12H,(H,21,22);1H. The second-order valence-corrected chi connectivity index (χ2v) is 5.39. The predicted octanol–water partition coefficient (Wildman–Crippen LogP) is 6.50. The Morgan fingerprint density at radius 2 is 1.48 bits per heavy atom. The van der Waals surface area contributed by atoms with Gasteiger partial charge in [0.2, 0.25) is 0 Å². The van der Waals surface area contributed by atoms with E-state index in [4.69, 9.17) is 10.5 Å². The van der Waals surface area contributed by atoms with Crippen molar-refractivity contribution < 1.29 is 0 Å². The van der Waals surface area contributed by atoms with Gasteiger partial charge < -0.3 is 5.32 Å². The van der Waals surface area contributed by atoms with Gasteiger partial charge in [-0.2, -0.15) is 0 Å². The second kappa shape index (κ2) is 7.09. The van der Waals surface area contributed by atoms with Crippen molar-refractivity contribution in [1.82, 2.24) is 4.98 Å². The zero-order valence-electron chi connectivity index (χ0n) is 13.1. The van der Waals surface area contributed by atoms with Crippen LogP contribution >= 0.6 is 12.4 Å². The summed E-state index contributed by atoms with van der Waals surface area (Å²) in [7, 11) is 0. The van der Waals surface area contributed by atoms with E-state index >= 15 is 0 Å². The number of hydrogen-bond donors (Lipinski definition) is 1. The summed E-state index contributed by atoms with van der Waals surface area (Å²) in [5.74, 6) is 0. The minimum Gasteiger partial charge on any atom is -0.354 e. The van der Waals surface area contributed by atoms with Crippen molar-refractivity contribution in [3.05, 3.63) is 83.2 Å². The van der Waals surface area contributed by atoms with Crippen molar-refractivity contribution in [2.75, 3.05) is 5.32 Å². The molecule has 3 aromatic carbocycles. The molecule has 0 saturated heterocycles. The first-order valence-corrected chi connectivity index (χ1v) is 7.55. The topological polar surface area (TPSA) is 73.7 Å². The van der Waals surface area contributed by atoms with Gasteiger partial charge in [-0.1, -0.05) is 53.6 Å². The van der Waals surface area contributed by atoms with Crippen molar-refractivity contribution in [1.29, 1.82) is 0 Å². The molecule has 4 aromatic rings. The molecule has 0 spiro atoms. The number of anilines is 2. The van der Waals surface area contributed by atoms with Crippen LogP contribution in [-0.2, 0) is 0 Å². The van der Waals surface area contributed by atoms with Crippen molar-refractivity contribution in [3.8, 4) is 0 Å². The van der Waals surface area contributed by atoms with Crippen LogP contribution in [0.15, 0.2) is 77.9 Å². The summed E-state index contributed by atoms with van der Waals surface area (Å²) in [5, 5.41) is 9.22. The fraction of sp³-hybridized carbons (Fsp3) is 0. The molecular formula is C19H14ClN5. The molecule has 0 unspecified atom stereocenters. The van der Waals surface area contributed by atoms with E-state index in [2.05, 4.69) is 15.3 Å². The van der Waals surface area contributed by atoms with Crippen LogP contribution in [0.5, 0.6) is 0 Å². The monoisotopic (exact) mass is 347 g/mol. The Balaban J connectivity index is 0.00000182. The Morgan fingerprint density at radius 1 is 0.840 bits per heavy atom. The summed E-state index contributed by atoms with van der Waals surface area (Å²) in [6, 6.07) is 23.5. The van der Waals surface area contributed by atoms with Crippen LogP contribution in [0.2, 0.25) is 0 Å². The van der Waals surface area contributed by atoms with Gasteiger partial charge in [-0.3, -0.25) is 0 Å². The van der Waals surface area contributed by atoms with E-state index in [9.17, 15) is 0 Å². The summed E-state index contributed by atoms with van der Waals surface area (Å²) < 4.78 is 0. The number of pyridine rings is 1. The number of para-hydroxylation sites is 2. The van der Waals surface area contributed by atoms with Crippen LogP contribution in [-0.4, -0.2) is 4.98 Å². The van der Waals surface area contributed by atoms with Crippen molar-refractivity contribution in [2.24, 2.45) is 5.11 Å². The molecule has 0 aliphatic heterocycles. The van der Waals surface area contributed by atoms with Crippen LogP contribution in [0.3, 0.4) is 0 Å². The van der Waals surface area contributed by atoms with Crippen molar-refractivity contribution in [3.63, 3.8) is 0 Å². The predicted molar refractivity (Wildman–Crippen MR) is 105 cm³/mol. The van der Waals surface area contributed by atoms with Gasteiger partial charge in [0, 0.05) is 27.1 Å². The Hall–Kier alpha value is -3.27. The molecule has 0 fully saturated rings. The Bertz CT molecular complexity index is 1050. The summed E-state index contributed by atoms with van der Waals surface area (Å²) in [6.45, 7) is 0. The average molecular weight is 348 g/mol. The number of aromatic nitrogens is 1. The average Bonchev–Trinajstić information content (AvgIpc) is 2.62. The molecule has 0 aliphatic carbocycles. The number of halogens is 1. The van der Waals surface area contributed by atoms with Crippen molar-refractivity contribution in [2.45, 2.75) is 0 Å². The maximum atomic E-state index is 8.61. The van der Waals surface area contributed by atoms with Crippen LogP contribution < -0.4 is 5.32 Å². The van der Waals surface area contributed by atoms with Gasteiger partial charge in [-0.05, 0) is 29.8 Å². The summed E-state index contributed by atoms with van der Waals surface area (Å²) in [5.41, 5.74) is 12.9. The number of fused-ring (bicyclic) bond motifs is 2. The molecule has 0 amide bonds. The highest BCUT2D eigenvalue weighted by Crippen LogP contribution is 2.33. The number of azide groups is 1. The fourth-order valence-electron chi connectivity index (χ4n) is 2.82. The highest BCUT2D eigenvalue weighted by Gasteiger charge is 2.09. The zero-order valence-corrected chi connectivity index (χ0v) is 13.9. The third kappa shape index (κ3) is 3.19. The minimum atomic E-state index is 0. The highest BCUT2D eigenvalue weighted by molar-refractivity contribution is 6.08. The lowest BCUT2D eigenvalue weighted by molar-refractivity contribution is 1.46. The first kappa shape index (κ1) is 16.6. The number of nitrogens with zero attached hydrogens (tertiary/aromatic N) is 4. The lowest BCUT2D eigenvalue weighted by atomic mass is 10.1. The van der Waals surface area contributed by atoms with E-state index < -0.39 is 0 Å². The van der Waals surface area contributed by atoms with E-state index in [-0.39, 0.29) is 12.4 Å². The minimum absolute atomic E-state index is 0. The molecule has 1 heterocycles. The number of nitrogens with one attached hydrogen (secondary N) is 1. The number of benzene rings is 3. The third-order valence-corrected chi connectivity index (χ3v) is 3.86. The van der Waals surface area contributed by atoms with Gasteiger partial charge in [0.25, 0.3) is 0 Å². The normalized spacial score (nSPS) is 10.1. The second-order valence-electron chi connectivity index (χ2n) is 5.39. The van der Waals surface area contributed by atoms with Crippen LogP contribution in [0, 0.1) is 0 Å². The van der Waals surface area contributed by atoms with Crippen LogP contribution in [0.4, 0.5) is 17.1 Å². The molecule has 0 aliphatic rings. The maximum Gasteiger partial charge on any atom is 0.0730 e. The van der Waals surface area contributed by atoms with E-state index in [1.54, 1.807) is 6.07 Å².